The first-order valence-corrected chi connectivity index (χ1v) is 11.6. The zero-order chi connectivity index (χ0) is 24.3. The number of benzene rings is 2. The average molecular weight is 467 g/mol. The summed E-state index contributed by atoms with van der Waals surface area (Å²) in [6, 6.07) is 15.1. The van der Waals surface area contributed by atoms with Gasteiger partial charge in [0, 0.05) is 39.0 Å². The van der Waals surface area contributed by atoms with Crippen molar-refractivity contribution < 1.29 is 29.0 Å². The summed E-state index contributed by atoms with van der Waals surface area (Å²) in [5, 5.41) is 12.3. The largest absolute Gasteiger partial charge is 0.480 e. The highest BCUT2D eigenvalue weighted by Crippen LogP contribution is 2.44. The number of carboxylic acid groups (broad SMARTS) is 1. The number of carbonyl (C=O) groups excluding carboxylic acids is 2. The maximum absolute atomic E-state index is 13.4. The summed E-state index contributed by atoms with van der Waals surface area (Å²) in [6.07, 6.45) is 0.0518. The highest BCUT2D eigenvalue weighted by Gasteiger charge is 2.45. The van der Waals surface area contributed by atoms with Gasteiger partial charge in [0.2, 0.25) is 5.91 Å². The van der Waals surface area contributed by atoms with E-state index in [0.29, 0.717) is 0 Å². The molecule has 2 aromatic rings. The molecule has 2 N–H and O–H groups in total. The van der Waals surface area contributed by atoms with Crippen molar-refractivity contribution in [2.24, 2.45) is 0 Å². The van der Waals surface area contributed by atoms with Crippen LogP contribution in [0.1, 0.15) is 43.2 Å². The molecule has 1 aliphatic heterocycles. The summed E-state index contributed by atoms with van der Waals surface area (Å²) in [6.45, 7) is 2.40. The Hall–Kier alpha value is -3.39. The summed E-state index contributed by atoms with van der Waals surface area (Å²) in [4.78, 5) is 39.1. The Bertz CT molecular complexity index is 1030. The Morgan fingerprint density at radius 2 is 1.65 bits per heavy atom. The smallest absolute Gasteiger partial charge is 0.408 e. The van der Waals surface area contributed by atoms with Gasteiger partial charge in [0.15, 0.2) is 0 Å². The van der Waals surface area contributed by atoms with Gasteiger partial charge >= 0.3 is 12.1 Å². The Morgan fingerprint density at radius 3 is 2.18 bits per heavy atom. The first kappa shape index (κ1) is 23.8. The number of fused-ring (bicyclic) bond motifs is 3. The number of likely N-dealkylation sites (N-methyl/N-ethyl adjacent to an activating group) is 1. The molecule has 4 rings (SSSR count). The van der Waals surface area contributed by atoms with E-state index >= 15 is 0 Å². The average Bonchev–Trinajstić information content (AvgIpc) is 3.16. The summed E-state index contributed by atoms with van der Waals surface area (Å²) in [5.41, 5.74) is 3.19. The second kappa shape index (κ2) is 9.85. The third-order valence-corrected chi connectivity index (χ3v) is 6.90. The highest BCUT2D eigenvalue weighted by atomic mass is 16.5. The van der Waals surface area contributed by atoms with Crippen molar-refractivity contribution in [3.05, 3.63) is 59.7 Å². The van der Waals surface area contributed by atoms with Crippen LogP contribution >= 0.6 is 0 Å². The molecule has 1 heterocycles. The number of nitrogens with one attached hydrogen (secondary N) is 1. The SMILES string of the molecule is CCC(C(=O)O)N(C)C(=O)C1(NC(=O)OCC2c3ccccc3-c3ccccc32)CCOCC1. The molecule has 0 bridgehead atoms. The summed E-state index contributed by atoms with van der Waals surface area (Å²) < 4.78 is 11.1. The van der Waals surface area contributed by atoms with Gasteiger partial charge in [-0.2, -0.15) is 0 Å². The second-order valence-corrected chi connectivity index (χ2v) is 8.82. The number of nitrogens with zero attached hydrogens (tertiary/aromatic N) is 1. The van der Waals surface area contributed by atoms with Gasteiger partial charge < -0.3 is 24.8 Å². The zero-order valence-corrected chi connectivity index (χ0v) is 19.5. The molecule has 2 aliphatic rings. The molecule has 2 amide bonds. The number of carbonyl (C=O) groups is 3. The van der Waals surface area contributed by atoms with E-state index in [4.69, 9.17) is 9.47 Å². The molecule has 8 heteroatoms. The van der Waals surface area contributed by atoms with Crippen molar-refractivity contribution in [1.82, 2.24) is 10.2 Å². The number of rotatable bonds is 7. The molecule has 8 nitrogen and oxygen atoms in total. The van der Waals surface area contributed by atoms with Gasteiger partial charge in [0.25, 0.3) is 0 Å². The lowest BCUT2D eigenvalue weighted by Gasteiger charge is -2.40. The highest BCUT2D eigenvalue weighted by molar-refractivity contribution is 5.92. The predicted octanol–water partition coefficient (Wildman–Crippen LogP) is 3.40. The van der Waals surface area contributed by atoms with Crippen molar-refractivity contribution in [3.63, 3.8) is 0 Å². The number of alkyl carbamates (subject to hydrolysis) is 1. The molecule has 2 aromatic carbocycles. The van der Waals surface area contributed by atoms with Gasteiger partial charge in [-0.15, -0.1) is 0 Å². The number of aliphatic carboxylic acids is 1. The molecule has 34 heavy (non-hydrogen) atoms. The van der Waals surface area contributed by atoms with Gasteiger partial charge in [0.1, 0.15) is 18.2 Å². The van der Waals surface area contributed by atoms with E-state index in [2.05, 4.69) is 17.4 Å². The lowest BCUT2D eigenvalue weighted by molar-refractivity contribution is -0.153. The molecule has 0 aromatic heterocycles. The van der Waals surface area contributed by atoms with Crippen molar-refractivity contribution in [3.8, 4) is 11.1 Å². The van der Waals surface area contributed by atoms with Gasteiger partial charge in [-0.25, -0.2) is 9.59 Å². The Kier molecular flexibility index (Phi) is 6.88. The van der Waals surface area contributed by atoms with Crippen LogP contribution in [-0.2, 0) is 19.1 Å². The Balaban J connectivity index is 1.49. The van der Waals surface area contributed by atoms with Gasteiger partial charge in [0.05, 0.1) is 0 Å². The quantitative estimate of drug-likeness (QED) is 0.648. The molecule has 0 radical (unpaired) electrons. The molecule has 1 unspecified atom stereocenters. The number of ether oxygens (including phenoxy) is 2. The van der Waals surface area contributed by atoms with Crippen molar-refractivity contribution in [2.45, 2.75) is 43.7 Å². The van der Waals surface area contributed by atoms with Gasteiger partial charge in [-0.1, -0.05) is 55.5 Å². The first-order chi connectivity index (χ1) is 16.4. The molecular weight excluding hydrogens is 436 g/mol. The molecule has 1 fully saturated rings. The zero-order valence-electron chi connectivity index (χ0n) is 19.5. The molecule has 180 valence electrons. The lowest BCUT2D eigenvalue weighted by atomic mass is 9.88. The third kappa shape index (κ3) is 4.37. The topological polar surface area (TPSA) is 105 Å². The summed E-state index contributed by atoms with van der Waals surface area (Å²) in [7, 11) is 1.46. The normalized spacial score (nSPS) is 17.2. The monoisotopic (exact) mass is 466 g/mol. The predicted molar refractivity (Wildman–Crippen MR) is 125 cm³/mol. The van der Waals surface area contributed by atoms with E-state index in [1.807, 2.05) is 36.4 Å². The molecule has 1 saturated heterocycles. The lowest BCUT2D eigenvalue weighted by Crippen LogP contribution is -2.63. The standard InChI is InChI=1S/C26H30N2O6/c1-3-22(23(29)30)28(2)24(31)26(12-14-33-15-13-26)27-25(32)34-16-21-19-10-6-4-8-17(19)18-9-5-7-11-20(18)21/h4-11,21-22H,3,12-16H2,1-2H3,(H,27,32)(H,29,30). The fraction of sp³-hybridized carbons (Fsp3) is 0.423. The maximum Gasteiger partial charge on any atom is 0.408 e. The fourth-order valence-corrected chi connectivity index (χ4v) is 5.04. The van der Waals surface area contributed by atoms with Crippen LogP contribution in [0, 0.1) is 0 Å². The van der Waals surface area contributed by atoms with E-state index in [1.165, 1.54) is 11.9 Å². The number of hydrogen-bond acceptors (Lipinski definition) is 5. The third-order valence-electron chi connectivity index (χ3n) is 6.90. The first-order valence-electron chi connectivity index (χ1n) is 11.6. The van der Waals surface area contributed by atoms with E-state index in [0.717, 1.165) is 22.3 Å². The van der Waals surface area contributed by atoms with E-state index in [9.17, 15) is 19.5 Å². The fourth-order valence-electron chi connectivity index (χ4n) is 5.04. The number of hydrogen-bond donors (Lipinski definition) is 2. The molecule has 0 saturated carbocycles. The van der Waals surface area contributed by atoms with Crippen LogP contribution in [0.2, 0.25) is 0 Å². The second-order valence-electron chi connectivity index (χ2n) is 8.82. The van der Waals surface area contributed by atoms with Crippen LogP contribution in [0.5, 0.6) is 0 Å². The van der Waals surface area contributed by atoms with Crippen LogP contribution < -0.4 is 5.32 Å². The Labute approximate surface area is 198 Å². The van der Waals surface area contributed by atoms with Crippen LogP contribution in [0.25, 0.3) is 11.1 Å². The van der Waals surface area contributed by atoms with Gasteiger partial charge in [-0.3, -0.25) is 4.79 Å². The van der Waals surface area contributed by atoms with Crippen LogP contribution in [0.3, 0.4) is 0 Å². The van der Waals surface area contributed by atoms with E-state index in [-0.39, 0.29) is 45.0 Å². The number of amides is 2. The van der Waals surface area contributed by atoms with Crippen LogP contribution in [0.4, 0.5) is 4.79 Å². The molecule has 1 aliphatic carbocycles. The van der Waals surface area contributed by atoms with Crippen molar-refractivity contribution in [2.75, 3.05) is 26.9 Å². The summed E-state index contributed by atoms with van der Waals surface area (Å²) in [5.74, 6) is -1.63. The Morgan fingerprint density at radius 1 is 1.09 bits per heavy atom. The van der Waals surface area contributed by atoms with Crippen LogP contribution in [-0.4, -0.2) is 66.4 Å². The molecular formula is C26H30N2O6. The minimum Gasteiger partial charge on any atom is -0.480 e. The van der Waals surface area contributed by atoms with Crippen molar-refractivity contribution in [1.29, 1.82) is 0 Å². The number of carboxylic acids is 1. The summed E-state index contributed by atoms with van der Waals surface area (Å²) >= 11 is 0. The van der Waals surface area contributed by atoms with Crippen molar-refractivity contribution >= 4 is 18.0 Å². The maximum atomic E-state index is 13.4. The van der Waals surface area contributed by atoms with E-state index in [1.54, 1.807) is 6.92 Å². The molecule has 1 atom stereocenters. The van der Waals surface area contributed by atoms with E-state index < -0.39 is 29.6 Å². The molecule has 0 spiro atoms. The van der Waals surface area contributed by atoms with Gasteiger partial charge in [-0.05, 0) is 28.7 Å². The minimum absolute atomic E-state index is 0.0985. The van der Waals surface area contributed by atoms with Crippen LogP contribution in [0.15, 0.2) is 48.5 Å². The minimum atomic E-state index is -1.27.